The van der Waals surface area contributed by atoms with Crippen molar-refractivity contribution in [3.63, 3.8) is 0 Å². The molecular formula is C5H8N2O2. The summed E-state index contributed by atoms with van der Waals surface area (Å²) in [6.45, 7) is 3.32. The second-order valence-corrected chi connectivity index (χ2v) is 2.40. The standard InChI is InChI=1S/C5H8N2O2/c1-5(2)3(6)7-4(8)9-5/h1-2H3,(H2,6,7,8). The minimum absolute atomic E-state index is 0.118. The van der Waals surface area contributed by atoms with Crippen LogP contribution in [0.5, 0.6) is 0 Å². The number of hydrogen-bond acceptors (Lipinski definition) is 3. The fourth-order valence-corrected chi connectivity index (χ4v) is 0.561. The van der Waals surface area contributed by atoms with Gasteiger partial charge in [0, 0.05) is 0 Å². The van der Waals surface area contributed by atoms with E-state index in [0.29, 0.717) is 0 Å². The molecule has 0 aromatic carbocycles. The Kier molecular flexibility index (Phi) is 0.986. The zero-order chi connectivity index (χ0) is 7.07. The monoisotopic (exact) mass is 128 g/mol. The molecule has 1 aliphatic rings. The first-order valence-corrected chi connectivity index (χ1v) is 2.61. The van der Waals surface area contributed by atoms with Crippen LogP contribution in [0.3, 0.4) is 0 Å². The third kappa shape index (κ3) is 0.872. The van der Waals surface area contributed by atoms with Crippen LogP contribution >= 0.6 is 0 Å². The summed E-state index contributed by atoms with van der Waals surface area (Å²) in [5, 5.41) is 9.35. The van der Waals surface area contributed by atoms with Crippen molar-refractivity contribution in [2.45, 2.75) is 19.4 Å². The number of ether oxygens (including phenoxy) is 1. The number of carbonyl (C=O) groups is 1. The van der Waals surface area contributed by atoms with Crippen LogP contribution in [0.2, 0.25) is 0 Å². The van der Waals surface area contributed by atoms with Crippen molar-refractivity contribution in [3.8, 4) is 0 Å². The zero-order valence-electron chi connectivity index (χ0n) is 5.32. The summed E-state index contributed by atoms with van der Waals surface area (Å²) in [6.07, 6.45) is -0.537. The van der Waals surface area contributed by atoms with Gasteiger partial charge in [0.2, 0.25) is 0 Å². The van der Waals surface area contributed by atoms with Gasteiger partial charge in [0.25, 0.3) is 0 Å². The van der Waals surface area contributed by atoms with E-state index in [1.807, 2.05) is 0 Å². The Hall–Kier alpha value is -1.06. The van der Waals surface area contributed by atoms with E-state index in [1.54, 1.807) is 13.8 Å². The molecular weight excluding hydrogens is 120 g/mol. The van der Waals surface area contributed by atoms with E-state index >= 15 is 0 Å². The first-order chi connectivity index (χ1) is 4.02. The number of carbonyl (C=O) groups excluding carboxylic acids is 1. The molecule has 1 amide bonds. The van der Waals surface area contributed by atoms with E-state index in [1.165, 1.54) is 0 Å². The SMILES string of the molecule is CC1(C)OC(=O)NC1=N. The normalized spacial score (nSPS) is 23.3. The molecule has 0 aliphatic carbocycles. The average molecular weight is 128 g/mol. The van der Waals surface area contributed by atoms with Gasteiger partial charge in [0.05, 0.1) is 0 Å². The third-order valence-electron chi connectivity index (χ3n) is 1.18. The number of nitrogens with one attached hydrogen (secondary N) is 2. The molecule has 4 heteroatoms. The van der Waals surface area contributed by atoms with Crippen molar-refractivity contribution in [3.05, 3.63) is 0 Å². The summed E-state index contributed by atoms with van der Waals surface area (Å²) >= 11 is 0. The van der Waals surface area contributed by atoms with Crippen molar-refractivity contribution < 1.29 is 9.53 Å². The lowest BCUT2D eigenvalue weighted by atomic mass is 10.1. The zero-order valence-corrected chi connectivity index (χ0v) is 5.32. The van der Waals surface area contributed by atoms with Crippen LogP contribution in [-0.2, 0) is 4.74 Å². The lowest BCUT2D eigenvalue weighted by molar-refractivity contribution is 0.108. The van der Waals surface area contributed by atoms with Gasteiger partial charge < -0.3 is 4.74 Å². The van der Waals surface area contributed by atoms with Crippen LogP contribution in [0.15, 0.2) is 0 Å². The Labute approximate surface area is 52.7 Å². The van der Waals surface area contributed by atoms with Gasteiger partial charge in [-0.05, 0) is 13.8 Å². The second-order valence-electron chi connectivity index (χ2n) is 2.40. The predicted molar refractivity (Wildman–Crippen MR) is 31.4 cm³/mol. The van der Waals surface area contributed by atoms with Gasteiger partial charge in [-0.15, -0.1) is 0 Å². The van der Waals surface area contributed by atoms with Crippen molar-refractivity contribution in [1.82, 2.24) is 5.32 Å². The van der Waals surface area contributed by atoms with Crippen LogP contribution < -0.4 is 5.32 Å². The Balaban J connectivity index is 2.81. The lowest BCUT2D eigenvalue weighted by Crippen LogP contribution is -2.31. The maximum absolute atomic E-state index is 10.4. The van der Waals surface area contributed by atoms with Gasteiger partial charge in [0.1, 0.15) is 5.84 Å². The predicted octanol–water partition coefficient (Wildman–Crippen LogP) is 0.482. The Morgan fingerprint density at radius 2 is 2.22 bits per heavy atom. The molecule has 1 rings (SSSR count). The van der Waals surface area contributed by atoms with E-state index in [9.17, 15) is 4.79 Å². The minimum Gasteiger partial charge on any atom is -0.435 e. The number of hydrogen-bond donors (Lipinski definition) is 2. The maximum Gasteiger partial charge on any atom is 0.413 e. The molecule has 0 radical (unpaired) electrons. The van der Waals surface area contributed by atoms with Gasteiger partial charge in [-0.25, -0.2) is 4.79 Å². The number of cyclic esters (lactones) is 1. The van der Waals surface area contributed by atoms with Gasteiger partial charge in [-0.1, -0.05) is 0 Å². The average Bonchev–Trinajstić information content (AvgIpc) is 1.79. The van der Waals surface area contributed by atoms with Gasteiger partial charge >= 0.3 is 6.09 Å². The van der Waals surface area contributed by atoms with Crippen molar-refractivity contribution >= 4 is 11.9 Å². The van der Waals surface area contributed by atoms with Crippen LogP contribution in [0.25, 0.3) is 0 Å². The van der Waals surface area contributed by atoms with Gasteiger partial charge in [-0.3, -0.25) is 10.7 Å². The van der Waals surface area contributed by atoms with E-state index in [0.717, 1.165) is 0 Å². The molecule has 4 nitrogen and oxygen atoms in total. The van der Waals surface area contributed by atoms with Crippen molar-refractivity contribution in [2.75, 3.05) is 0 Å². The summed E-state index contributed by atoms with van der Waals surface area (Å²) < 4.78 is 4.69. The van der Waals surface area contributed by atoms with Crippen molar-refractivity contribution in [1.29, 1.82) is 5.41 Å². The van der Waals surface area contributed by atoms with Crippen LogP contribution in [0.4, 0.5) is 4.79 Å². The molecule has 0 aromatic heterocycles. The van der Waals surface area contributed by atoms with Gasteiger partial charge in [-0.2, -0.15) is 0 Å². The summed E-state index contributed by atoms with van der Waals surface area (Å²) in [5.74, 6) is 0.118. The Morgan fingerprint density at radius 3 is 2.33 bits per heavy atom. The topological polar surface area (TPSA) is 62.2 Å². The molecule has 0 atom stereocenters. The fraction of sp³-hybridized carbons (Fsp3) is 0.600. The number of amides is 1. The smallest absolute Gasteiger partial charge is 0.413 e. The van der Waals surface area contributed by atoms with Crippen LogP contribution in [0, 0.1) is 5.41 Å². The largest absolute Gasteiger partial charge is 0.435 e. The summed E-state index contributed by atoms with van der Waals surface area (Å²) in [4.78, 5) is 10.4. The van der Waals surface area contributed by atoms with E-state index in [4.69, 9.17) is 5.41 Å². The Morgan fingerprint density at radius 1 is 1.67 bits per heavy atom. The molecule has 1 heterocycles. The second kappa shape index (κ2) is 1.46. The number of rotatable bonds is 0. The van der Waals surface area contributed by atoms with Gasteiger partial charge in [0.15, 0.2) is 5.60 Å². The first-order valence-electron chi connectivity index (χ1n) is 2.61. The molecule has 1 aliphatic heterocycles. The molecule has 2 N–H and O–H groups in total. The molecule has 1 fully saturated rings. The van der Waals surface area contributed by atoms with Crippen molar-refractivity contribution in [2.24, 2.45) is 0 Å². The molecule has 1 saturated heterocycles. The fourth-order valence-electron chi connectivity index (χ4n) is 0.561. The number of amidine groups is 1. The summed E-state index contributed by atoms with van der Waals surface area (Å²) in [7, 11) is 0. The molecule has 0 saturated carbocycles. The number of alkyl carbamates (subject to hydrolysis) is 1. The molecule has 9 heavy (non-hydrogen) atoms. The highest BCUT2D eigenvalue weighted by Crippen LogP contribution is 2.14. The van der Waals surface area contributed by atoms with Crippen LogP contribution in [0.1, 0.15) is 13.8 Å². The van der Waals surface area contributed by atoms with E-state index in [2.05, 4.69) is 10.1 Å². The highest BCUT2D eigenvalue weighted by Gasteiger charge is 2.36. The lowest BCUT2D eigenvalue weighted by Gasteiger charge is -2.12. The summed E-state index contributed by atoms with van der Waals surface area (Å²) in [5.41, 5.74) is -0.753. The van der Waals surface area contributed by atoms with E-state index in [-0.39, 0.29) is 5.84 Å². The highest BCUT2D eigenvalue weighted by molar-refractivity contribution is 6.03. The minimum atomic E-state index is -0.753. The molecule has 0 bridgehead atoms. The highest BCUT2D eigenvalue weighted by atomic mass is 16.6. The quantitative estimate of drug-likeness (QED) is 0.498. The molecule has 50 valence electrons. The third-order valence-corrected chi connectivity index (χ3v) is 1.18. The molecule has 0 spiro atoms. The summed E-state index contributed by atoms with van der Waals surface area (Å²) in [6, 6.07) is 0. The first kappa shape index (κ1) is 6.07. The molecule has 0 aromatic rings. The van der Waals surface area contributed by atoms with Crippen LogP contribution in [-0.4, -0.2) is 17.5 Å². The molecule has 0 unspecified atom stereocenters. The van der Waals surface area contributed by atoms with E-state index < -0.39 is 11.7 Å². The Bertz CT molecular complexity index is 174. The maximum atomic E-state index is 10.4.